The van der Waals surface area contributed by atoms with E-state index in [9.17, 15) is 0 Å². The van der Waals surface area contributed by atoms with Crippen molar-refractivity contribution in [1.29, 1.82) is 0 Å². The Morgan fingerprint density at radius 3 is 2.67 bits per heavy atom. The normalized spacial score (nSPS) is 10.4. The molecule has 0 atom stereocenters. The second kappa shape index (κ2) is 3.11. The van der Waals surface area contributed by atoms with Crippen LogP contribution in [0, 0.1) is 0 Å². The van der Waals surface area contributed by atoms with Crippen molar-refractivity contribution >= 4 is 23.7 Å². The smallest absolute Gasteiger partial charge is 0.0890 e. The SMILES string of the molecule is SCc1cnc2ccccc2n1. The topological polar surface area (TPSA) is 25.8 Å². The molecule has 0 aliphatic heterocycles. The van der Waals surface area contributed by atoms with E-state index in [1.54, 1.807) is 6.20 Å². The Morgan fingerprint density at radius 1 is 1.17 bits per heavy atom. The monoisotopic (exact) mass is 176 g/mol. The first kappa shape index (κ1) is 7.55. The predicted octanol–water partition coefficient (Wildman–Crippen LogP) is 2.06. The van der Waals surface area contributed by atoms with Crippen LogP contribution in [0.3, 0.4) is 0 Å². The second-order valence-electron chi connectivity index (χ2n) is 2.51. The molecule has 0 fully saturated rings. The average molecular weight is 176 g/mol. The number of thiol groups is 1. The van der Waals surface area contributed by atoms with Gasteiger partial charge in [-0.3, -0.25) is 4.98 Å². The zero-order chi connectivity index (χ0) is 8.39. The molecule has 2 nitrogen and oxygen atoms in total. The molecule has 3 heteroatoms. The Morgan fingerprint density at radius 2 is 1.92 bits per heavy atom. The lowest BCUT2D eigenvalue weighted by molar-refractivity contribution is 1.17. The average Bonchev–Trinajstić information content (AvgIpc) is 2.17. The molecule has 12 heavy (non-hydrogen) atoms. The summed E-state index contributed by atoms with van der Waals surface area (Å²) < 4.78 is 0. The van der Waals surface area contributed by atoms with Gasteiger partial charge in [0.2, 0.25) is 0 Å². The molecule has 2 rings (SSSR count). The van der Waals surface area contributed by atoms with Crippen LogP contribution in [0.25, 0.3) is 11.0 Å². The Hall–Kier alpha value is -1.09. The molecule has 0 bridgehead atoms. The van der Waals surface area contributed by atoms with Crippen LogP contribution in [0.4, 0.5) is 0 Å². The number of nitrogens with zero attached hydrogens (tertiary/aromatic N) is 2. The maximum absolute atomic E-state index is 4.35. The molecule has 0 radical (unpaired) electrons. The molecule has 1 aromatic heterocycles. The van der Waals surface area contributed by atoms with Gasteiger partial charge in [0.05, 0.1) is 16.7 Å². The highest BCUT2D eigenvalue weighted by Crippen LogP contribution is 2.08. The number of para-hydroxylation sites is 2. The van der Waals surface area contributed by atoms with Crippen LogP contribution in [-0.2, 0) is 5.75 Å². The van der Waals surface area contributed by atoms with Gasteiger partial charge in [0.15, 0.2) is 0 Å². The molecular formula is C9H8N2S. The minimum Gasteiger partial charge on any atom is -0.253 e. The largest absolute Gasteiger partial charge is 0.253 e. The lowest BCUT2D eigenvalue weighted by Crippen LogP contribution is -1.88. The number of aromatic nitrogens is 2. The first-order valence-electron chi connectivity index (χ1n) is 3.71. The number of benzene rings is 1. The standard InChI is InChI=1S/C9H8N2S/c12-6-7-5-10-8-3-1-2-4-9(8)11-7/h1-5,12H,6H2. The van der Waals surface area contributed by atoms with E-state index in [4.69, 9.17) is 0 Å². The van der Waals surface area contributed by atoms with Crippen molar-refractivity contribution in [2.45, 2.75) is 5.75 Å². The van der Waals surface area contributed by atoms with Gasteiger partial charge < -0.3 is 0 Å². The van der Waals surface area contributed by atoms with Crippen molar-refractivity contribution in [1.82, 2.24) is 9.97 Å². The summed E-state index contributed by atoms with van der Waals surface area (Å²) in [7, 11) is 0. The summed E-state index contributed by atoms with van der Waals surface area (Å²) in [5.41, 5.74) is 2.78. The van der Waals surface area contributed by atoms with Crippen molar-refractivity contribution in [2.75, 3.05) is 0 Å². The predicted molar refractivity (Wildman–Crippen MR) is 52.2 cm³/mol. The second-order valence-corrected chi connectivity index (χ2v) is 2.82. The molecule has 60 valence electrons. The van der Waals surface area contributed by atoms with Crippen molar-refractivity contribution in [2.24, 2.45) is 0 Å². The van der Waals surface area contributed by atoms with Crippen LogP contribution in [0.1, 0.15) is 5.69 Å². The highest BCUT2D eigenvalue weighted by atomic mass is 32.1. The van der Waals surface area contributed by atoms with Crippen LogP contribution in [0.5, 0.6) is 0 Å². The molecule has 0 saturated heterocycles. The molecule has 0 amide bonds. The van der Waals surface area contributed by atoms with Crippen LogP contribution in [-0.4, -0.2) is 9.97 Å². The van der Waals surface area contributed by atoms with Gasteiger partial charge in [-0.25, -0.2) is 4.98 Å². The Bertz CT molecular complexity index is 400. The Kier molecular flexibility index (Phi) is 1.96. The van der Waals surface area contributed by atoms with Crippen LogP contribution < -0.4 is 0 Å². The van der Waals surface area contributed by atoms with E-state index in [-0.39, 0.29) is 0 Å². The highest BCUT2D eigenvalue weighted by molar-refractivity contribution is 7.79. The molecule has 1 heterocycles. The van der Waals surface area contributed by atoms with E-state index >= 15 is 0 Å². The van der Waals surface area contributed by atoms with E-state index in [2.05, 4.69) is 22.6 Å². The molecule has 1 aromatic carbocycles. The molecule has 0 N–H and O–H groups in total. The van der Waals surface area contributed by atoms with Gasteiger partial charge in [-0.2, -0.15) is 12.6 Å². The Labute approximate surface area is 76.1 Å². The van der Waals surface area contributed by atoms with Gasteiger partial charge in [0.25, 0.3) is 0 Å². The van der Waals surface area contributed by atoms with Gasteiger partial charge in [-0.15, -0.1) is 0 Å². The van der Waals surface area contributed by atoms with E-state index in [1.807, 2.05) is 24.3 Å². The van der Waals surface area contributed by atoms with Gasteiger partial charge in [-0.1, -0.05) is 12.1 Å². The van der Waals surface area contributed by atoms with Crippen LogP contribution in [0.15, 0.2) is 30.5 Å². The summed E-state index contributed by atoms with van der Waals surface area (Å²) in [5, 5.41) is 0. The first-order chi connectivity index (χ1) is 5.90. The maximum Gasteiger partial charge on any atom is 0.0890 e. The third-order valence-corrected chi connectivity index (χ3v) is 1.98. The van der Waals surface area contributed by atoms with Gasteiger partial charge >= 0.3 is 0 Å². The van der Waals surface area contributed by atoms with E-state index in [0.29, 0.717) is 5.75 Å². The molecular weight excluding hydrogens is 168 g/mol. The maximum atomic E-state index is 4.35. The summed E-state index contributed by atoms with van der Waals surface area (Å²) in [4.78, 5) is 8.60. The molecule has 0 unspecified atom stereocenters. The van der Waals surface area contributed by atoms with Gasteiger partial charge in [0, 0.05) is 11.9 Å². The Balaban J connectivity index is 2.67. The minimum atomic E-state index is 0.637. The third kappa shape index (κ3) is 1.28. The fourth-order valence-electron chi connectivity index (χ4n) is 1.07. The van der Waals surface area contributed by atoms with Crippen molar-refractivity contribution in [3.63, 3.8) is 0 Å². The molecule has 0 aliphatic carbocycles. The number of rotatable bonds is 1. The zero-order valence-corrected chi connectivity index (χ0v) is 7.33. The highest BCUT2D eigenvalue weighted by Gasteiger charge is 1.95. The minimum absolute atomic E-state index is 0.637. The fourth-order valence-corrected chi connectivity index (χ4v) is 1.22. The van der Waals surface area contributed by atoms with Gasteiger partial charge in [-0.05, 0) is 12.1 Å². The number of hydrogen-bond donors (Lipinski definition) is 1. The summed E-state index contributed by atoms with van der Waals surface area (Å²) in [5.74, 6) is 0.637. The number of hydrogen-bond acceptors (Lipinski definition) is 3. The fraction of sp³-hybridized carbons (Fsp3) is 0.111. The summed E-state index contributed by atoms with van der Waals surface area (Å²) in [6.45, 7) is 0. The molecule has 0 saturated carbocycles. The lowest BCUT2D eigenvalue weighted by atomic mass is 10.3. The first-order valence-corrected chi connectivity index (χ1v) is 4.35. The molecule has 2 aromatic rings. The summed E-state index contributed by atoms with van der Waals surface area (Å²) in [6.07, 6.45) is 1.76. The quantitative estimate of drug-likeness (QED) is 0.673. The molecule has 0 aliphatic rings. The molecule has 0 spiro atoms. The van der Waals surface area contributed by atoms with E-state index in [1.165, 1.54) is 0 Å². The van der Waals surface area contributed by atoms with Crippen molar-refractivity contribution in [3.8, 4) is 0 Å². The van der Waals surface area contributed by atoms with Crippen molar-refractivity contribution < 1.29 is 0 Å². The summed E-state index contributed by atoms with van der Waals surface area (Å²) in [6, 6.07) is 7.82. The van der Waals surface area contributed by atoms with Crippen molar-refractivity contribution in [3.05, 3.63) is 36.2 Å². The van der Waals surface area contributed by atoms with Gasteiger partial charge in [0.1, 0.15) is 0 Å². The lowest BCUT2D eigenvalue weighted by Gasteiger charge is -1.97. The third-order valence-electron chi connectivity index (χ3n) is 1.66. The number of fused-ring (bicyclic) bond motifs is 1. The van der Waals surface area contributed by atoms with Crippen LogP contribution >= 0.6 is 12.6 Å². The van der Waals surface area contributed by atoms with E-state index in [0.717, 1.165) is 16.7 Å². The van der Waals surface area contributed by atoms with Crippen LogP contribution in [0.2, 0.25) is 0 Å². The summed E-state index contributed by atoms with van der Waals surface area (Å²) >= 11 is 4.13. The zero-order valence-electron chi connectivity index (χ0n) is 6.44. The van der Waals surface area contributed by atoms with E-state index < -0.39 is 0 Å².